The summed E-state index contributed by atoms with van der Waals surface area (Å²) < 4.78 is 11.1. The first-order chi connectivity index (χ1) is 11.6. The van der Waals surface area contributed by atoms with E-state index in [1.807, 2.05) is 30.3 Å². The van der Waals surface area contributed by atoms with Gasteiger partial charge in [0.25, 0.3) is 5.91 Å². The van der Waals surface area contributed by atoms with Crippen LogP contribution in [0.1, 0.15) is 11.1 Å². The van der Waals surface area contributed by atoms with Crippen molar-refractivity contribution in [3.05, 3.63) is 65.2 Å². The molecule has 122 valence electrons. The van der Waals surface area contributed by atoms with Crippen molar-refractivity contribution in [3.63, 3.8) is 0 Å². The summed E-state index contributed by atoms with van der Waals surface area (Å²) >= 11 is 0. The van der Waals surface area contributed by atoms with Gasteiger partial charge in [-0.3, -0.25) is 4.79 Å². The van der Waals surface area contributed by atoms with Gasteiger partial charge in [0.15, 0.2) is 11.5 Å². The zero-order chi connectivity index (χ0) is 17.4. The summed E-state index contributed by atoms with van der Waals surface area (Å²) in [5.74, 6) is 0.362. The molecule has 0 aliphatic carbocycles. The van der Waals surface area contributed by atoms with Crippen molar-refractivity contribution in [2.45, 2.75) is 6.42 Å². The lowest BCUT2D eigenvalue weighted by Gasteiger charge is -2.11. The summed E-state index contributed by atoms with van der Waals surface area (Å²) in [6.07, 6.45) is 2.20. The van der Waals surface area contributed by atoms with Gasteiger partial charge in [0.05, 0.1) is 13.7 Å². The molecule has 0 saturated carbocycles. The van der Waals surface area contributed by atoms with E-state index in [9.17, 15) is 4.79 Å². The van der Waals surface area contributed by atoms with Crippen LogP contribution in [-0.4, -0.2) is 19.6 Å². The summed E-state index contributed by atoms with van der Waals surface area (Å²) in [4.78, 5) is 11.1. The number of carbonyl (C=O) groups is 1. The molecule has 0 bridgehead atoms. The Morgan fingerprint density at radius 3 is 2.58 bits per heavy atom. The summed E-state index contributed by atoms with van der Waals surface area (Å²) in [6.45, 7) is 0.514. The van der Waals surface area contributed by atoms with Crippen LogP contribution in [0.15, 0.2) is 54.1 Å². The number of nitrogens with zero attached hydrogens (tertiary/aromatic N) is 1. The molecule has 0 spiro atoms. The van der Waals surface area contributed by atoms with Crippen LogP contribution in [-0.2, 0) is 11.2 Å². The van der Waals surface area contributed by atoms with E-state index >= 15 is 0 Å². The van der Waals surface area contributed by atoms with Crippen molar-refractivity contribution in [1.29, 1.82) is 5.26 Å². The van der Waals surface area contributed by atoms with Gasteiger partial charge in [0.1, 0.15) is 11.6 Å². The molecule has 0 aliphatic rings. The van der Waals surface area contributed by atoms with E-state index in [0.29, 0.717) is 23.7 Å². The largest absolute Gasteiger partial charge is 0.493 e. The molecule has 0 radical (unpaired) electrons. The van der Waals surface area contributed by atoms with Gasteiger partial charge < -0.3 is 15.2 Å². The highest BCUT2D eigenvalue weighted by molar-refractivity contribution is 6.00. The molecule has 0 fully saturated rings. The van der Waals surface area contributed by atoms with E-state index in [2.05, 4.69) is 0 Å². The number of carbonyl (C=O) groups excluding carboxylic acids is 1. The van der Waals surface area contributed by atoms with Gasteiger partial charge in [-0.15, -0.1) is 0 Å². The number of benzene rings is 2. The number of amides is 1. The van der Waals surface area contributed by atoms with Crippen LogP contribution < -0.4 is 15.2 Å². The van der Waals surface area contributed by atoms with E-state index < -0.39 is 5.91 Å². The number of methoxy groups -OCH3 is 1. The summed E-state index contributed by atoms with van der Waals surface area (Å²) in [6, 6.07) is 17.0. The maximum absolute atomic E-state index is 11.1. The Morgan fingerprint density at radius 1 is 1.21 bits per heavy atom. The van der Waals surface area contributed by atoms with Crippen molar-refractivity contribution in [2.75, 3.05) is 13.7 Å². The Balaban J connectivity index is 2.09. The first-order valence-corrected chi connectivity index (χ1v) is 7.40. The fraction of sp³-hybridized carbons (Fsp3) is 0.158. The molecule has 24 heavy (non-hydrogen) atoms. The van der Waals surface area contributed by atoms with Gasteiger partial charge in [-0.05, 0) is 29.3 Å². The SMILES string of the molecule is COc1cc(/C=C(\C#N)C(N)=O)ccc1OCCc1ccccc1. The van der Waals surface area contributed by atoms with Gasteiger partial charge >= 0.3 is 0 Å². The first-order valence-electron chi connectivity index (χ1n) is 7.40. The smallest absolute Gasteiger partial charge is 0.259 e. The van der Waals surface area contributed by atoms with Gasteiger partial charge in [-0.1, -0.05) is 36.4 Å². The van der Waals surface area contributed by atoms with Crippen LogP contribution in [0, 0.1) is 11.3 Å². The minimum Gasteiger partial charge on any atom is -0.493 e. The molecule has 2 rings (SSSR count). The number of ether oxygens (including phenoxy) is 2. The molecule has 2 aromatic rings. The van der Waals surface area contributed by atoms with Crippen molar-refractivity contribution in [3.8, 4) is 17.6 Å². The molecule has 0 unspecified atom stereocenters. The van der Waals surface area contributed by atoms with Crippen LogP contribution in [0.4, 0.5) is 0 Å². The minimum atomic E-state index is -0.764. The second-order valence-corrected chi connectivity index (χ2v) is 5.03. The predicted molar refractivity (Wildman–Crippen MR) is 91.4 cm³/mol. The molecule has 0 aliphatic heterocycles. The topological polar surface area (TPSA) is 85.3 Å². The summed E-state index contributed by atoms with van der Waals surface area (Å²) in [7, 11) is 1.53. The third-order valence-electron chi connectivity index (χ3n) is 3.38. The Morgan fingerprint density at radius 2 is 1.96 bits per heavy atom. The maximum Gasteiger partial charge on any atom is 0.259 e. The Labute approximate surface area is 140 Å². The average molecular weight is 322 g/mol. The lowest BCUT2D eigenvalue weighted by Crippen LogP contribution is -2.12. The number of nitrogens with two attached hydrogens (primary N) is 1. The van der Waals surface area contributed by atoms with Crippen LogP contribution in [0.5, 0.6) is 11.5 Å². The third kappa shape index (κ3) is 4.62. The lowest BCUT2D eigenvalue weighted by molar-refractivity contribution is -0.114. The molecule has 1 amide bonds. The van der Waals surface area contributed by atoms with Crippen molar-refractivity contribution in [1.82, 2.24) is 0 Å². The van der Waals surface area contributed by atoms with Crippen LogP contribution in [0.2, 0.25) is 0 Å². The van der Waals surface area contributed by atoms with Crippen LogP contribution in [0.3, 0.4) is 0 Å². The van der Waals surface area contributed by atoms with Crippen molar-refractivity contribution in [2.24, 2.45) is 5.73 Å². The van der Waals surface area contributed by atoms with Crippen molar-refractivity contribution >= 4 is 12.0 Å². The molecule has 5 nitrogen and oxygen atoms in total. The first kappa shape index (κ1) is 17.1. The van der Waals surface area contributed by atoms with Gasteiger partial charge in [0.2, 0.25) is 0 Å². The molecule has 0 heterocycles. The molecular formula is C19H18N2O3. The molecule has 5 heteroatoms. The number of hydrogen-bond donors (Lipinski definition) is 1. The highest BCUT2D eigenvalue weighted by atomic mass is 16.5. The third-order valence-corrected chi connectivity index (χ3v) is 3.38. The zero-order valence-electron chi connectivity index (χ0n) is 13.4. The normalized spacial score (nSPS) is 10.8. The number of primary amides is 1. The number of nitriles is 1. The maximum atomic E-state index is 11.1. The highest BCUT2D eigenvalue weighted by Gasteiger charge is 2.08. The fourth-order valence-corrected chi connectivity index (χ4v) is 2.14. The number of hydrogen-bond acceptors (Lipinski definition) is 4. The number of rotatable bonds is 7. The van der Waals surface area contributed by atoms with Gasteiger partial charge in [-0.25, -0.2) is 0 Å². The zero-order valence-corrected chi connectivity index (χ0v) is 13.4. The Kier molecular flexibility index (Phi) is 5.98. The van der Waals surface area contributed by atoms with E-state index in [-0.39, 0.29) is 5.57 Å². The highest BCUT2D eigenvalue weighted by Crippen LogP contribution is 2.29. The van der Waals surface area contributed by atoms with Gasteiger partial charge in [0, 0.05) is 6.42 Å². The molecule has 2 N–H and O–H groups in total. The lowest BCUT2D eigenvalue weighted by atomic mass is 10.1. The van der Waals surface area contributed by atoms with E-state index in [0.717, 1.165) is 6.42 Å². The quantitative estimate of drug-likeness (QED) is 0.627. The Hall–Kier alpha value is -3.26. The standard InChI is InChI=1S/C19H18N2O3/c1-23-18-12-15(11-16(13-20)19(21)22)7-8-17(18)24-10-9-14-5-3-2-4-6-14/h2-8,11-12H,9-10H2,1H3,(H2,21,22)/b16-11+. The fourth-order valence-electron chi connectivity index (χ4n) is 2.14. The second-order valence-electron chi connectivity index (χ2n) is 5.03. The molecule has 2 aromatic carbocycles. The average Bonchev–Trinajstić information content (AvgIpc) is 2.61. The van der Waals surface area contributed by atoms with E-state index in [1.165, 1.54) is 18.7 Å². The van der Waals surface area contributed by atoms with E-state index in [1.54, 1.807) is 24.3 Å². The minimum absolute atomic E-state index is 0.116. The molecular weight excluding hydrogens is 304 g/mol. The Bertz CT molecular complexity index is 777. The van der Waals surface area contributed by atoms with Crippen LogP contribution in [0.25, 0.3) is 6.08 Å². The molecule has 0 atom stereocenters. The summed E-state index contributed by atoms with van der Waals surface area (Å²) in [5.41, 5.74) is 6.84. The predicted octanol–water partition coefficient (Wildman–Crippen LogP) is 2.71. The van der Waals surface area contributed by atoms with Gasteiger partial charge in [-0.2, -0.15) is 5.26 Å². The van der Waals surface area contributed by atoms with E-state index in [4.69, 9.17) is 20.5 Å². The molecule has 0 aromatic heterocycles. The second kappa shape index (κ2) is 8.39. The monoisotopic (exact) mass is 322 g/mol. The molecule has 0 saturated heterocycles. The van der Waals surface area contributed by atoms with Crippen LogP contribution >= 0.6 is 0 Å². The summed E-state index contributed by atoms with van der Waals surface area (Å²) in [5, 5.41) is 8.89. The van der Waals surface area contributed by atoms with Crippen molar-refractivity contribution < 1.29 is 14.3 Å².